The summed E-state index contributed by atoms with van der Waals surface area (Å²) in [5, 5.41) is 9.90. The Labute approximate surface area is 256 Å². The first-order valence-electron chi connectivity index (χ1n) is 13.6. The van der Waals surface area contributed by atoms with Crippen LogP contribution in [0.15, 0.2) is 23.5 Å². The third-order valence-electron chi connectivity index (χ3n) is 6.74. The van der Waals surface area contributed by atoms with Gasteiger partial charge in [0.1, 0.15) is 25.4 Å². The molecule has 0 aromatic rings. The van der Waals surface area contributed by atoms with E-state index < -0.39 is 103 Å². The van der Waals surface area contributed by atoms with Crippen LogP contribution in [0.1, 0.15) is 41.5 Å². The van der Waals surface area contributed by atoms with E-state index in [0.29, 0.717) is 0 Å². The Morgan fingerprint density at radius 3 is 1.78 bits per heavy atom. The quantitative estimate of drug-likeness (QED) is 0.179. The highest BCUT2D eigenvalue weighted by Crippen LogP contribution is 2.46. The first-order chi connectivity index (χ1) is 21.1. The Morgan fingerprint density at radius 2 is 1.24 bits per heavy atom. The maximum atomic E-state index is 12.2. The molecule has 17 heteroatoms. The third-order valence-corrected chi connectivity index (χ3v) is 6.74. The van der Waals surface area contributed by atoms with Crippen LogP contribution < -0.4 is 0 Å². The SMILES string of the molecule is CC(=O)OCC1=C[C@@H](OC(C)=O)[C@@H]2C(C(=O)O)=CO[C@@H](O[C@@H]3O[C@H](COC(C)=O)[C@@H](OC(C)=O)[C@H](OC(C)=O)[C@H]3OC(C)=O)[C@H]12. The normalized spacial score (nSPS) is 30.2. The maximum Gasteiger partial charge on any atom is 0.335 e. The van der Waals surface area contributed by atoms with Crippen LogP contribution in [0.25, 0.3) is 0 Å². The van der Waals surface area contributed by atoms with Gasteiger partial charge in [0.05, 0.1) is 17.8 Å². The third kappa shape index (κ3) is 9.01. The molecule has 0 aromatic heterocycles. The Balaban J connectivity index is 2.08. The van der Waals surface area contributed by atoms with Crippen LogP contribution in [0.2, 0.25) is 0 Å². The summed E-state index contributed by atoms with van der Waals surface area (Å²) in [5.74, 6) is -8.25. The van der Waals surface area contributed by atoms with Crippen molar-refractivity contribution < 1.29 is 81.3 Å². The van der Waals surface area contributed by atoms with Crippen molar-refractivity contribution in [2.75, 3.05) is 13.2 Å². The number of fused-ring (bicyclic) bond motifs is 1. The van der Waals surface area contributed by atoms with E-state index >= 15 is 0 Å². The zero-order valence-corrected chi connectivity index (χ0v) is 25.2. The summed E-state index contributed by atoms with van der Waals surface area (Å²) in [6.45, 7) is 5.67. The molecule has 1 saturated heterocycles. The van der Waals surface area contributed by atoms with E-state index in [1.54, 1.807) is 0 Å². The van der Waals surface area contributed by atoms with Gasteiger partial charge in [0.2, 0.25) is 12.6 Å². The topological polar surface area (TPSA) is 223 Å². The molecule has 9 atom stereocenters. The lowest BCUT2D eigenvalue weighted by molar-refractivity contribution is -0.342. The van der Waals surface area contributed by atoms with Crippen molar-refractivity contribution in [2.45, 2.75) is 84.6 Å². The molecular formula is C28H34O17. The Bertz CT molecular complexity index is 1270. The Kier molecular flexibility index (Phi) is 11.6. The van der Waals surface area contributed by atoms with Crippen LogP contribution in [-0.4, -0.2) is 103 Å². The average Bonchev–Trinajstić information content (AvgIpc) is 3.26. The second-order valence-electron chi connectivity index (χ2n) is 10.2. The molecule has 3 rings (SSSR count). The van der Waals surface area contributed by atoms with Crippen LogP contribution in [0.5, 0.6) is 0 Å². The Morgan fingerprint density at radius 1 is 0.689 bits per heavy atom. The fourth-order valence-corrected chi connectivity index (χ4v) is 5.25. The predicted molar refractivity (Wildman–Crippen MR) is 141 cm³/mol. The molecule has 45 heavy (non-hydrogen) atoms. The molecule has 248 valence electrons. The van der Waals surface area contributed by atoms with E-state index in [2.05, 4.69) is 0 Å². The smallest absolute Gasteiger partial charge is 0.335 e. The predicted octanol–water partition coefficient (Wildman–Crippen LogP) is 0.0781. The van der Waals surface area contributed by atoms with E-state index in [-0.39, 0.29) is 17.8 Å². The van der Waals surface area contributed by atoms with Gasteiger partial charge < -0.3 is 47.7 Å². The number of aliphatic carboxylic acids is 1. The van der Waals surface area contributed by atoms with Crippen molar-refractivity contribution in [3.63, 3.8) is 0 Å². The number of hydrogen-bond acceptors (Lipinski definition) is 16. The first-order valence-corrected chi connectivity index (χ1v) is 13.6. The van der Waals surface area contributed by atoms with Gasteiger partial charge in [-0.3, -0.25) is 28.8 Å². The minimum absolute atomic E-state index is 0.268. The van der Waals surface area contributed by atoms with Gasteiger partial charge in [-0.25, -0.2) is 4.79 Å². The highest BCUT2D eigenvalue weighted by atomic mass is 16.8. The van der Waals surface area contributed by atoms with Crippen molar-refractivity contribution >= 4 is 41.8 Å². The molecule has 1 fully saturated rings. The van der Waals surface area contributed by atoms with Gasteiger partial charge in [-0.2, -0.15) is 0 Å². The molecule has 1 N–H and O–H groups in total. The number of esters is 6. The lowest BCUT2D eigenvalue weighted by Crippen LogP contribution is -2.63. The van der Waals surface area contributed by atoms with Gasteiger partial charge in [-0.1, -0.05) is 0 Å². The molecule has 17 nitrogen and oxygen atoms in total. The number of carbonyl (C=O) groups excluding carboxylic acids is 6. The molecule has 0 aromatic carbocycles. The molecule has 0 amide bonds. The number of carboxylic acid groups (broad SMARTS) is 1. The summed E-state index contributed by atoms with van der Waals surface area (Å²) in [6.07, 6.45) is -7.93. The van der Waals surface area contributed by atoms with E-state index in [4.69, 9.17) is 42.6 Å². The summed E-state index contributed by atoms with van der Waals surface area (Å²) >= 11 is 0. The molecule has 0 spiro atoms. The largest absolute Gasteiger partial charge is 0.478 e. The van der Waals surface area contributed by atoms with E-state index in [9.17, 15) is 38.7 Å². The lowest BCUT2D eigenvalue weighted by Gasteiger charge is -2.46. The summed E-state index contributed by atoms with van der Waals surface area (Å²) in [7, 11) is 0. The van der Waals surface area contributed by atoms with Crippen molar-refractivity contribution in [3.05, 3.63) is 23.5 Å². The van der Waals surface area contributed by atoms with Crippen LogP contribution in [-0.2, 0) is 76.2 Å². The fraction of sp³-hybridized carbons (Fsp3) is 0.607. The monoisotopic (exact) mass is 642 g/mol. The molecule has 0 radical (unpaired) electrons. The van der Waals surface area contributed by atoms with Gasteiger partial charge >= 0.3 is 41.8 Å². The molecule has 3 aliphatic rings. The standard InChI is InChI=1S/C28H34O17/c1-11(29)37-8-17-7-19(40-13(3)31)22-18(26(35)36)9-39-27(21(17)22)45-28-25(43-16(6)34)24(42-15(5)33)23(41-14(4)32)20(44-28)10-38-12(2)30/h7,9,19-25,27-28H,8,10H2,1-6H3,(H,35,36)/t19-,20-,21-,22+,23-,24+,25-,27+,28+/m1/s1. The van der Waals surface area contributed by atoms with Crippen LogP contribution in [0.3, 0.4) is 0 Å². The Hall–Kier alpha value is -4.51. The van der Waals surface area contributed by atoms with E-state index in [1.807, 2.05) is 0 Å². The minimum atomic E-state index is -1.68. The van der Waals surface area contributed by atoms with Crippen LogP contribution in [0, 0.1) is 11.8 Å². The molecular weight excluding hydrogens is 608 g/mol. The van der Waals surface area contributed by atoms with Gasteiger partial charge in [0.25, 0.3) is 0 Å². The van der Waals surface area contributed by atoms with Crippen LogP contribution in [0.4, 0.5) is 0 Å². The maximum absolute atomic E-state index is 12.2. The summed E-state index contributed by atoms with van der Waals surface area (Å²) in [4.78, 5) is 83.6. The first kappa shape index (κ1) is 35.0. The lowest BCUT2D eigenvalue weighted by atomic mass is 9.82. The molecule has 2 aliphatic heterocycles. The van der Waals surface area contributed by atoms with E-state index in [0.717, 1.165) is 47.8 Å². The molecule has 0 saturated carbocycles. The summed E-state index contributed by atoms with van der Waals surface area (Å²) < 4.78 is 49.5. The zero-order chi connectivity index (χ0) is 33.6. The average molecular weight is 643 g/mol. The molecule has 0 bridgehead atoms. The molecule has 2 heterocycles. The summed E-state index contributed by atoms with van der Waals surface area (Å²) in [6, 6.07) is 0. The highest BCUT2D eigenvalue weighted by Gasteiger charge is 2.56. The van der Waals surface area contributed by atoms with Crippen LogP contribution >= 0.6 is 0 Å². The van der Waals surface area contributed by atoms with Crippen molar-refractivity contribution in [3.8, 4) is 0 Å². The highest BCUT2D eigenvalue weighted by molar-refractivity contribution is 5.88. The van der Waals surface area contributed by atoms with Crippen molar-refractivity contribution in [1.29, 1.82) is 0 Å². The number of rotatable bonds is 11. The second-order valence-corrected chi connectivity index (χ2v) is 10.2. The number of hydrogen-bond donors (Lipinski definition) is 1. The summed E-state index contributed by atoms with van der Waals surface area (Å²) in [5.41, 5.74) is -0.0225. The molecule has 1 aliphatic carbocycles. The van der Waals surface area contributed by atoms with Gasteiger partial charge in [0.15, 0.2) is 18.3 Å². The number of carbonyl (C=O) groups is 7. The van der Waals surface area contributed by atoms with Crippen molar-refractivity contribution in [1.82, 2.24) is 0 Å². The minimum Gasteiger partial charge on any atom is -0.478 e. The fourth-order valence-electron chi connectivity index (χ4n) is 5.25. The zero-order valence-electron chi connectivity index (χ0n) is 25.2. The van der Waals surface area contributed by atoms with Gasteiger partial charge in [0, 0.05) is 47.5 Å². The van der Waals surface area contributed by atoms with Crippen molar-refractivity contribution in [2.24, 2.45) is 11.8 Å². The van der Waals surface area contributed by atoms with E-state index in [1.165, 1.54) is 6.08 Å². The van der Waals surface area contributed by atoms with Gasteiger partial charge in [-0.05, 0) is 11.6 Å². The second kappa shape index (κ2) is 15.0. The van der Waals surface area contributed by atoms with Gasteiger partial charge in [-0.15, -0.1) is 0 Å². The molecule has 0 unspecified atom stereocenters. The number of ether oxygens (including phenoxy) is 9. The number of carboxylic acids is 1.